The van der Waals surface area contributed by atoms with Crippen molar-refractivity contribution in [1.29, 1.82) is 0 Å². The second kappa shape index (κ2) is 14.2. The van der Waals surface area contributed by atoms with E-state index in [1.165, 1.54) is 16.8 Å². The van der Waals surface area contributed by atoms with Crippen molar-refractivity contribution in [3.05, 3.63) is 114 Å². The van der Waals surface area contributed by atoms with E-state index in [-0.39, 0.29) is 31.3 Å². The summed E-state index contributed by atoms with van der Waals surface area (Å²) in [5, 5.41) is 3.03. The van der Waals surface area contributed by atoms with E-state index in [2.05, 4.69) is 75.9 Å². The Bertz CT molecular complexity index is 1950. The van der Waals surface area contributed by atoms with Crippen LogP contribution >= 0.6 is 11.3 Å². The zero-order valence-corrected chi connectivity index (χ0v) is 31.5. The van der Waals surface area contributed by atoms with Gasteiger partial charge in [-0.2, -0.15) is 11.3 Å². The number of fused-ring (bicyclic) bond motifs is 3. The van der Waals surface area contributed by atoms with Crippen LogP contribution in [0.1, 0.15) is 53.0 Å². The van der Waals surface area contributed by atoms with E-state index in [9.17, 15) is 4.39 Å². The fourth-order valence-corrected chi connectivity index (χ4v) is 8.20. The number of rotatable bonds is 5. The van der Waals surface area contributed by atoms with Gasteiger partial charge in [-0.05, 0) is 57.2 Å². The molecule has 0 unspecified atom stereocenters. The third-order valence-electron chi connectivity index (χ3n) is 7.50. The monoisotopic (exact) mass is 810 g/mol. The van der Waals surface area contributed by atoms with Crippen molar-refractivity contribution >= 4 is 44.8 Å². The molecule has 0 bridgehead atoms. The van der Waals surface area contributed by atoms with Crippen LogP contribution in [0.5, 0.6) is 0 Å². The number of aromatic nitrogens is 2. The molecule has 3 aromatic heterocycles. The molecule has 0 aliphatic carbocycles. The van der Waals surface area contributed by atoms with Gasteiger partial charge in [0.15, 0.2) is 0 Å². The van der Waals surface area contributed by atoms with E-state index in [0.717, 1.165) is 49.3 Å². The largest absolute Gasteiger partial charge is 0.305 e. The fraction of sp³-hybridized carbons (Fsp3) is 0.282. The molecule has 3 aromatic carbocycles. The standard InChI is InChI=1S/C20H15FNS.C19H26NSi.Ir/c1-12(2)13-9-10-22-17(11-13)14-5-3-6-15-19-16(21)7-4-8-18(19)23-20(14)15;1-19(2,3)13-16-12-17(15-10-8-7-9-11-15)20-14-18(16)21(4,5)6;/h3-4,6-12H,1-2H3;7-10,12,14H,13H2,1-6H3;/q2*-1;/i12D;;. The van der Waals surface area contributed by atoms with Crippen molar-refractivity contribution in [2.75, 3.05) is 0 Å². The van der Waals surface area contributed by atoms with Gasteiger partial charge < -0.3 is 9.97 Å². The normalized spacial score (nSPS) is 12.3. The van der Waals surface area contributed by atoms with Crippen molar-refractivity contribution < 1.29 is 25.9 Å². The minimum absolute atomic E-state index is 0. The second-order valence-corrected chi connectivity index (χ2v) is 19.8. The number of benzene rings is 3. The van der Waals surface area contributed by atoms with Crippen LogP contribution in [0.15, 0.2) is 85.2 Å². The van der Waals surface area contributed by atoms with E-state index >= 15 is 0 Å². The molecular weight excluding hydrogens is 768 g/mol. The molecule has 6 heteroatoms. The Morgan fingerprint density at radius 1 is 0.933 bits per heavy atom. The van der Waals surface area contributed by atoms with Crippen LogP contribution in [0, 0.1) is 23.4 Å². The summed E-state index contributed by atoms with van der Waals surface area (Å²) in [5.41, 5.74) is 6.39. The minimum Gasteiger partial charge on any atom is -0.305 e. The Balaban J connectivity index is 0.000000207. The Morgan fingerprint density at radius 2 is 1.71 bits per heavy atom. The zero-order chi connectivity index (χ0) is 32.6. The maximum absolute atomic E-state index is 14.3. The van der Waals surface area contributed by atoms with Gasteiger partial charge >= 0.3 is 0 Å². The summed E-state index contributed by atoms with van der Waals surface area (Å²) >= 11 is 1.55. The molecule has 2 nitrogen and oxygen atoms in total. The Morgan fingerprint density at radius 3 is 2.38 bits per heavy atom. The summed E-state index contributed by atoms with van der Waals surface area (Å²) in [5.74, 6) is -0.900. The number of halogens is 1. The summed E-state index contributed by atoms with van der Waals surface area (Å²) in [6.45, 7) is 17.8. The Hall–Kier alpha value is -3.02. The van der Waals surface area contributed by atoms with Crippen LogP contribution in [-0.4, -0.2) is 18.0 Å². The molecule has 0 aliphatic rings. The predicted molar refractivity (Wildman–Crippen MR) is 190 cm³/mol. The second-order valence-electron chi connectivity index (χ2n) is 13.7. The van der Waals surface area contributed by atoms with Gasteiger partial charge in [-0.3, -0.25) is 0 Å². The third kappa shape index (κ3) is 8.23. The van der Waals surface area contributed by atoms with Gasteiger partial charge in [0.25, 0.3) is 0 Å². The van der Waals surface area contributed by atoms with Crippen molar-refractivity contribution in [1.82, 2.24) is 9.97 Å². The van der Waals surface area contributed by atoms with Crippen LogP contribution in [-0.2, 0) is 26.5 Å². The average Bonchev–Trinajstić information content (AvgIpc) is 3.36. The van der Waals surface area contributed by atoms with E-state index in [1.807, 2.05) is 62.4 Å². The summed E-state index contributed by atoms with van der Waals surface area (Å²) in [6, 6.07) is 29.6. The van der Waals surface area contributed by atoms with E-state index < -0.39 is 14.0 Å². The smallest absolute Gasteiger partial charge is 0.130 e. The number of hydrogen-bond donors (Lipinski definition) is 0. The van der Waals surface area contributed by atoms with Crippen LogP contribution < -0.4 is 5.19 Å². The number of thiophene rings is 1. The van der Waals surface area contributed by atoms with E-state index in [0.29, 0.717) is 5.39 Å². The average molecular weight is 810 g/mol. The van der Waals surface area contributed by atoms with Gasteiger partial charge in [0.1, 0.15) is 5.82 Å². The number of nitrogens with zero attached hydrogens (tertiary/aromatic N) is 2. The predicted octanol–water partition coefficient (Wildman–Crippen LogP) is 10.9. The number of pyridine rings is 2. The first-order valence-electron chi connectivity index (χ1n) is 15.6. The maximum atomic E-state index is 14.3. The van der Waals surface area contributed by atoms with Crippen molar-refractivity contribution in [3.8, 4) is 22.5 Å². The van der Waals surface area contributed by atoms with Gasteiger partial charge in [0.05, 0.1) is 8.07 Å². The molecule has 0 aliphatic heterocycles. The maximum Gasteiger partial charge on any atom is 0.130 e. The summed E-state index contributed by atoms with van der Waals surface area (Å²) in [6.07, 6.45) is 4.93. The van der Waals surface area contributed by atoms with Crippen molar-refractivity contribution in [2.24, 2.45) is 5.41 Å². The molecule has 1 radical (unpaired) electrons. The molecule has 0 N–H and O–H groups in total. The molecule has 0 amide bonds. The number of hydrogen-bond acceptors (Lipinski definition) is 3. The van der Waals surface area contributed by atoms with Crippen LogP contribution in [0.3, 0.4) is 0 Å². The third-order valence-corrected chi connectivity index (χ3v) is 10.8. The molecule has 235 valence electrons. The Labute approximate surface area is 287 Å². The van der Waals surface area contributed by atoms with Gasteiger partial charge in [-0.25, -0.2) is 4.39 Å². The molecule has 45 heavy (non-hydrogen) atoms. The summed E-state index contributed by atoms with van der Waals surface area (Å²) < 4.78 is 24.4. The summed E-state index contributed by atoms with van der Waals surface area (Å²) in [7, 11) is -1.37. The molecule has 0 spiro atoms. The molecule has 6 rings (SSSR count). The van der Waals surface area contributed by atoms with Crippen LogP contribution in [0.25, 0.3) is 42.7 Å². The zero-order valence-electron chi connectivity index (χ0n) is 28.3. The van der Waals surface area contributed by atoms with Crippen LogP contribution in [0.4, 0.5) is 4.39 Å². The topological polar surface area (TPSA) is 25.8 Å². The summed E-state index contributed by atoms with van der Waals surface area (Å²) in [4.78, 5) is 9.17. The van der Waals surface area contributed by atoms with Gasteiger partial charge in [-0.15, -0.1) is 59.7 Å². The first-order chi connectivity index (χ1) is 21.1. The first-order valence-corrected chi connectivity index (χ1v) is 19.4. The van der Waals surface area contributed by atoms with Crippen LogP contribution in [0.2, 0.25) is 19.6 Å². The fourth-order valence-electron chi connectivity index (χ4n) is 5.41. The molecular formula is C39H41FIrN2SSi-2. The van der Waals surface area contributed by atoms with Crippen molar-refractivity contribution in [3.63, 3.8) is 0 Å². The van der Waals surface area contributed by atoms with Gasteiger partial charge in [-0.1, -0.05) is 89.0 Å². The molecule has 6 aromatic rings. The van der Waals surface area contributed by atoms with Gasteiger partial charge in [0.2, 0.25) is 0 Å². The molecule has 0 fully saturated rings. The molecule has 0 saturated carbocycles. The Kier molecular flexibility index (Phi) is 10.5. The molecule has 0 atom stereocenters. The SMILES string of the molecule is CC(C)(C)Cc1cc(-c2[c-]cccc2)ncc1[Si](C)(C)C.[2H]C(C)(C)c1ccnc(-c2[c-]ccc3c2sc2cccc(F)c23)c1.[Ir]. The van der Waals surface area contributed by atoms with E-state index in [1.54, 1.807) is 23.6 Å². The van der Waals surface area contributed by atoms with E-state index in [4.69, 9.17) is 6.35 Å². The quantitative estimate of drug-likeness (QED) is 0.128. The molecule has 0 saturated heterocycles. The first kappa shape index (κ1) is 33.3. The van der Waals surface area contributed by atoms with Gasteiger partial charge in [0, 0.05) is 44.0 Å². The van der Waals surface area contributed by atoms with Crippen molar-refractivity contribution in [2.45, 2.75) is 66.6 Å². The molecule has 3 heterocycles. The minimum atomic E-state index is -1.37.